The van der Waals surface area contributed by atoms with Crippen molar-refractivity contribution >= 4 is 16.6 Å². The van der Waals surface area contributed by atoms with Crippen molar-refractivity contribution < 1.29 is 4.52 Å². The van der Waals surface area contributed by atoms with E-state index in [2.05, 4.69) is 49.4 Å². The van der Waals surface area contributed by atoms with Crippen LogP contribution in [0.2, 0.25) is 0 Å². The van der Waals surface area contributed by atoms with Crippen LogP contribution in [0, 0.1) is 11.8 Å². The third-order valence-electron chi connectivity index (χ3n) is 6.01. The van der Waals surface area contributed by atoms with Gasteiger partial charge >= 0.3 is 0 Å². The summed E-state index contributed by atoms with van der Waals surface area (Å²) in [5.74, 6) is 2.63. The van der Waals surface area contributed by atoms with Gasteiger partial charge in [-0.2, -0.15) is 10.1 Å². The molecular weight excluding hydrogens is 368 g/mol. The Hall–Kier alpha value is -3.55. The average molecular weight is 386 g/mol. The van der Waals surface area contributed by atoms with E-state index in [1.54, 1.807) is 24.5 Å². The van der Waals surface area contributed by atoms with Crippen molar-refractivity contribution in [3.63, 3.8) is 0 Å². The highest BCUT2D eigenvalue weighted by Crippen LogP contribution is 2.57. The number of hydrogen-bond acceptors (Lipinski definition) is 7. The molecule has 29 heavy (non-hydrogen) atoms. The molecule has 3 atom stereocenters. The second-order valence-corrected chi connectivity index (χ2v) is 7.68. The fraction of sp³-hybridized carbons (Fsp3) is 0.286. The van der Waals surface area contributed by atoms with Crippen LogP contribution >= 0.6 is 0 Å². The van der Waals surface area contributed by atoms with Crippen LogP contribution in [0.25, 0.3) is 10.9 Å². The van der Waals surface area contributed by atoms with Crippen molar-refractivity contribution in [2.45, 2.75) is 12.5 Å². The molecule has 0 spiro atoms. The lowest BCUT2D eigenvalue weighted by Crippen LogP contribution is -2.24. The van der Waals surface area contributed by atoms with Gasteiger partial charge in [-0.15, -0.1) is 0 Å². The monoisotopic (exact) mass is 386 g/mol. The number of hydrogen-bond donors (Lipinski definition) is 0. The van der Waals surface area contributed by atoms with Crippen LogP contribution in [0.5, 0.6) is 0 Å². The van der Waals surface area contributed by atoms with Gasteiger partial charge in [0.1, 0.15) is 6.54 Å². The van der Waals surface area contributed by atoms with Gasteiger partial charge in [-0.3, -0.25) is 9.78 Å². The number of rotatable bonds is 4. The van der Waals surface area contributed by atoms with Gasteiger partial charge in [0.05, 0.1) is 17.1 Å². The molecule has 1 saturated carbocycles. The van der Waals surface area contributed by atoms with Crippen LogP contribution in [0.1, 0.15) is 17.6 Å². The first-order valence-corrected chi connectivity index (χ1v) is 9.71. The summed E-state index contributed by atoms with van der Waals surface area (Å²) in [6.45, 7) is 2.19. The SMILES string of the molecule is O=c1c2cccnc2cnn1Cc1nc(C2[C@H]3CN(c4ccccc4)C[C@@H]23)no1. The fourth-order valence-corrected chi connectivity index (χ4v) is 4.48. The summed E-state index contributed by atoms with van der Waals surface area (Å²) < 4.78 is 6.76. The van der Waals surface area contributed by atoms with Crippen LogP contribution in [-0.4, -0.2) is 38.0 Å². The van der Waals surface area contributed by atoms with E-state index >= 15 is 0 Å². The molecule has 0 amide bonds. The number of para-hydroxylation sites is 1. The van der Waals surface area contributed by atoms with E-state index in [-0.39, 0.29) is 12.1 Å². The molecule has 1 aliphatic carbocycles. The summed E-state index contributed by atoms with van der Waals surface area (Å²) in [6, 6.07) is 14.0. The highest BCUT2D eigenvalue weighted by Gasteiger charge is 2.58. The number of fused-ring (bicyclic) bond motifs is 2. The number of anilines is 1. The lowest BCUT2D eigenvalue weighted by atomic mass is 10.2. The van der Waals surface area contributed by atoms with Gasteiger partial charge in [-0.25, -0.2) is 4.68 Å². The maximum absolute atomic E-state index is 12.6. The molecule has 4 heterocycles. The molecule has 1 aromatic carbocycles. The first kappa shape index (κ1) is 16.4. The Kier molecular flexibility index (Phi) is 3.53. The molecule has 6 rings (SSSR count). The Morgan fingerprint density at radius 3 is 2.72 bits per heavy atom. The molecule has 1 aliphatic heterocycles. The third-order valence-corrected chi connectivity index (χ3v) is 6.01. The van der Waals surface area contributed by atoms with E-state index in [1.807, 2.05) is 6.07 Å². The molecule has 2 aliphatic rings. The van der Waals surface area contributed by atoms with E-state index in [9.17, 15) is 4.79 Å². The zero-order valence-corrected chi connectivity index (χ0v) is 15.5. The van der Waals surface area contributed by atoms with Gasteiger partial charge in [0.15, 0.2) is 5.82 Å². The fourth-order valence-electron chi connectivity index (χ4n) is 4.48. The predicted octanol–water partition coefficient (Wildman–Crippen LogP) is 2.07. The Labute approximate surface area is 165 Å². The minimum Gasteiger partial charge on any atom is -0.371 e. The standard InChI is InChI=1S/C21H18N6O2/c28-21-14-7-4-8-22-17(14)9-23-27(21)12-18-24-20(25-29-18)19-15-10-26(11-16(15)19)13-5-2-1-3-6-13/h1-9,15-16,19H,10-12H2/t15-,16+,19?. The number of benzene rings is 1. The number of piperidine rings is 1. The molecule has 0 radical (unpaired) electrons. The van der Waals surface area contributed by atoms with Crippen LogP contribution in [0.3, 0.4) is 0 Å². The normalized spacial score (nSPS) is 22.8. The molecule has 4 aromatic rings. The first-order chi connectivity index (χ1) is 14.3. The third kappa shape index (κ3) is 2.71. The molecule has 1 saturated heterocycles. The van der Waals surface area contributed by atoms with E-state index in [1.165, 1.54) is 10.4 Å². The van der Waals surface area contributed by atoms with Crippen molar-refractivity contribution in [3.05, 3.63) is 76.9 Å². The molecule has 8 heteroatoms. The molecular formula is C21H18N6O2. The highest BCUT2D eigenvalue weighted by atomic mass is 16.5. The smallest absolute Gasteiger partial charge is 0.276 e. The zero-order valence-electron chi connectivity index (χ0n) is 15.5. The molecule has 3 aromatic heterocycles. The summed E-state index contributed by atoms with van der Waals surface area (Å²) in [4.78, 5) is 23.7. The lowest BCUT2D eigenvalue weighted by molar-refractivity contribution is 0.358. The van der Waals surface area contributed by atoms with Crippen molar-refractivity contribution in [3.8, 4) is 0 Å². The lowest BCUT2D eigenvalue weighted by Gasteiger charge is -2.21. The molecule has 8 nitrogen and oxygen atoms in total. The van der Waals surface area contributed by atoms with Gasteiger partial charge in [-0.1, -0.05) is 23.4 Å². The molecule has 1 unspecified atom stereocenters. The van der Waals surface area contributed by atoms with Crippen molar-refractivity contribution in [1.82, 2.24) is 24.9 Å². The second kappa shape index (κ2) is 6.23. The summed E-state index contributed by atoms with van der Waals surface area (Å²) in [5, 5.41) is 8.89. The highest BCUT2D eigenvalue weighted by molar-refractivity contribution is 5.75. The minimum absolute atomic E-state index is 0.162. The Balaban J connectivity index is 1.17. The number of aromatic nitrogens is 5. The van der Waals surface area contributed by atoms with Crippen LogP contribution in [0.4, 0.5) is 5.69 Å². The van der Waals surface area contributed by atoms with Gasteiger partial charge in [0.25, 0.3) is 5.56 Å². The summed E-state index contributed by atoms with van der Waals surface area (Å²) in [5.41, 5.74) is 1.63. The predicted molar refractivity (Wildman–Crippen MR) is 106 cm³/mol. The summed E-state index contributed by atoms with van der Waals surface area (Å²) in [6.07, 6.45) is 3.22. The molecule has 0 bridgehead atoms. The zero-order chi connectivity index (χ0) is 19.4. The maximum Gasteiger partial charge on any atom is 0.276 e. The van der Waals surface area contributed by atoms with Gasteiger partial charge < -0.3 is 9.42 Å². The topological polar surface area (TPSA) is 89.9 Å². The van der Waals surface area contributed by atoms with Gasteiger partial charge in [0.2, 0.25) is 5.89 Å². The second-order valence-electron chi connectivity index (χ2n) is 7.68. The first-order valence-electron chi connectivity index (χ1n) is 9.71. The summed E-state index contributed by atoms with van der Waals surface area (Å²) >= 11 is 0. The Morgan fingerprint density at radius 2 is 1.90 bits per heavy atom. The molecule has 2 fully saturated rings. The molecule has 0 N–H and O–H groups in total. The van der Waals surface area contributed by atoms with Crippen molar-refractivity contribution in [2.24, 2.45) is 11.8 Å². The van der Waals surface area contributed by atoms with E-state index in [0.29, 0.717) is 34.5 Å². The number of pyridine rings is 1. The quantitative estimate of drug-likeness (QED) is 0.530. The average Bonchev–Trinajstić information content (AvgIpc) is 3.11. The Morgan fingerprint density at radius 1 is 1.07 bits per heavy atom. The van der Waals surface area contributed by atoms with Crippen LogP contribution < -0.4 is 10.5 Å². The number of nitrogens with zero attached hydrogens (tertiary/aromatic N) is 6. The van der Waals surface area contributed by atoms with Gasteiger partial charge in [-0.05, 0) is 36.1 Å². The summed E-state index contributed by atoms with van der Waals surface area (Å²) in [7, 11) is 0. The van der Waals surface area contributed by atoms with Crippen molar-refractivity contribution in [2.75, 3.05) is 18.0 Å². The largest absolute Gasteiger partial charge is 0.371 e. The van der Waals surface area contributed by atoms with E-state index in [4.69, 9.17) is 4.52 Å². The Bertz CT molecular complexity index is 1240. The van der Waals surface area contributed by atoms with Gasteiger partial charge in [0, 0.05) is 30.9 Å². The van der Waals surface area contributed by atoms with Crippen LogP contribution in [-0.2, 0) is 6.54 Å². The maximum atomic E-state index is 12.6. The van der Waals surface area contributed by atoms with E-state index < -0.39 is 0 Å². The molecule has 144 valence electrons. The van der Waals surface area contributed by atoms with E-state index in [0.717, 1.165) is 18.9 Å². The van der Waals surface area contributed by atoms with Crippen molar-refractivity contribution in [1.29, 1.82) is 0 Å². The minimum atomic E-state index is -0.211. The van der Waals surface area contributed by atoms with Crippen LogP contribution in [0.15, 0.2) is 64.2 Å².